The van der Waals surface area contributed by atoms with Crippen LogP contribution in [-0.2, 0) is 11.2 Å². The zero-order valence-corrected chi connectivity index (χ0v) is 17.8. The van der Waals surface area contributed by atoms with Crippen molar-refractivity contribution in [2.75, 3.05) is 24.5 Å². The van der Waals surface area contributed by atoms with E-state index in [4.69, 9.17) is 4.74 Å². The Morgan fingerprint density at radius 1 is 1.19 bits per heavy atom. The highest BCUT2D eigenvalue weighted by Gasteiger charge is 2.31. The number of hydrogen-bond donors (Lipinski definition) is 0. The number of anilines is 1. The molecule has 1 aromatic carbocycles. The van der Waals surface area contributed by atoms with Gasteiger partial charge in [0.25, 0.3) is 0 Å². The molecule has 3 heterocycles. The van der Waals surface area contributed by atoms with Crippen LogP contribution in [0.2, 0.25) is 0 Å². The number of pyridine rings is 1. The molecule has 2 aromatic rings. The average Bonchev–Trinajstić information content (AvgIpc) is 2.61. The molecule has 6 heteroatoms. The fraction of sp³-hybridized carbons (Fsp3) is 0.524. The summed E-state index contributed by atoms with van der Waals surface area (Å²) in [6.07, 6.45) is 6.71. The highest BCUT2D eigenvalue weighted by atomic mass is 79.9. The second-order valence-electron chi connectivity index (χ2n) is 8.46. The van der Waals surface area contributed by atoms with Gasteiger partial charge in [0, 0.05) is 59.0 Å². The number of hydrogen-bond acceptors (Lipinski definition) is 4. The maximum atomic E-state index is 12.3. The van der Waals surface area contributed by atoms with Crippen molar-refractivity contribution in [3.8, 4) is 0 Å². The average molecular weight is 432 g/mol. The quantitative estimate of drug-likeness (QED) is 0.652. The number of carbonyl (C=O) groups excluding carboxylic acids is 1. The molecule has 4 rings (SSSR count). The van der Waals surface area contributed by atoms with Gasteiger partial charge in [-0.1, -0.05) is 15.9 Å². The molecule has 27 heavy (non-hydrogen) atoms. The number of amides is 1. The lowest BCUT2D eigenvalue weighted by Crippen LogP contribution is -2.49. The highest BCUT2D eigenvalue weighted by molar-refractivity contribution is 9.10. The van der Waals surface area contributed by atoms with Gasteiger partial charge in [0.05, 0.1) is 0 Å². The molecule has 0 spiro atoms. The van der Waals surface area contributed by atoms with Gasteiger partial charge in [0.1, 0.15) is 5.60 Å². The Morgan fingerprint density at radius 3 is 2.63 bits per heavy atom. The largest absolute Gasteiger partial charge is 0.444 e. The van der Waals surface area contributed by atoms with Gasteiger partial charge in [-0.25, -0.2) is 4.79 Å². The summed E-state index contributed by atoms with van der Waals surface area (Å²) in [5.41, 5.74) is 2.18. The Labute approximate surface area is 168 Å². The van der Waals surface area contributed by atoms with E-state index >= 15 is 0 Å². The number of benzene rings is 1. The summed E-state index contributed by atoms with van der Waals surface area (Å²) in [6.45, 7) is 8.23. The van der Waals surface area contributed by atoms with Crippen molar-refractivity contribution in [2.45, 2.75) is 51.7 Å². The smallest absolute Gasteiger partial charge is 0.410 e. The zero-order chi connectivity index (χ0) is 19.2. The molecule has 0 saturated carbocycles. The number of aromatic nitrogens is 1. The maximum absolute atomic E-state index is 12.3. The lowest BCUT2D eigenvalue weighted by Gasteiger charge is -2.42. The van der Waals surface area contributed by atoms with Crippen LogP contribution in [0.25, 0.3) is 10.8 Å². The standard InChI is InChI=1S/C21H26BrN3O2/c1-21(2,3)27-20(26)24-7-5-17(6-8-24)25-9-4-14-12-23-13-15-10-16(22)11-18(25)19(14)15/h10-13,17H,4-9H2,1-3H3. The lowest BCUT2D eigenvalue weighted by molar-refractivity contribution is 0.0204. The predicted octanol–water partition coefficient (Wildman–Crippen LogP) is 4.76. The zero-order valence-electron chi connectivity index (χ0n) is 16.2. The summed E-state index contributed by atoms with van der Waals surface area (Å²) in [6, 6.07) is 4.82. The van der Waals surface area contributed by atoms with Crippen molar-refractivity contribution in [2.24, 2.45) is 0 Å². The molecule has 0 bridgehead atoms. The molecule has 2 aliphatic rings. The molecule has 0 unspecified atom stereocenters. The molecule has 0 aliphatic carbocycles. The van der Waals surface area contributed by atoms with Crippen LogP contribution in [0.15, 0.2) is 29.0 Å². The highest BCUT2D eigenvalue weighted by Crippen LogP contribution is 2.38. The first-order valence-corrected chi connectivity index (χ1v) is 10.4. The summed E-state index contributed by atoms with van der Waals surface area (Å²) < 4.78 is 6.61. The molecular formula is C21H26BrN3O2. The second kappa shape index (κ2) is 6.97. The van der Waals surface area contributed by atoms with Crippen LogP contribution < -0.4 is 4.90 Å². The number of likely N-dealkylation sites (tertiary alicyclic amines) is 1. The van der Waals surface area contributed by atoms with Crippen LogP contribution in [0.3, 0.4) is 0 Å². The van der Waals surface area contributed by atoms with Crippen molar-refractivity contribution in [1.82, 2.24) is 9.88 Å². The maximum Gasteiger partial charge on any atom is 0.410 e. The third kappa shape index (κ3) is 3.77. The number of piperidine rings is 1. The summed E-state index contributed by atoms with van der Waals surface area (Å²) in [7, 11) is 0. The van der Waals surface area contributed by atoms with E-state index in [0.717, 1.165) is 43.4 Å². The van der Waals surface area contributed by atoms with Crippen molar-refractivity contribution < 1.29 is 9.53 Å². The van der Waals surface area contributed by atoms with Gasteiger partial charge in [-0.05, 0) is 57.7 Å². The van der Waals surface area contributed by atoms with Crippen molar-refractivity contribution in [1.29, 1.82) is 0 Å². The Balaban J connectivity index is 1.53. The third-order valence-electron chi connectivity index (χ3n) is 5.37. The molecule has 1 aromatic heterocycles. The van der Waals surface area contributed by atoms with Gasteiger partial charge in [0.2, 0.25) is 0 Å². The van der Waals surface area contributed by atoms with E-state index in [2.05, 4.69) is 37.9 Å². The van der Waals surface area contributed by atoms with Crippen molar-refractivity contribution in [3.05, 3.63) is 34.6 Å². The molecular weight excluding hydrogens is 406 g/mol. The minimum absolute atomic E-state index is 0.194. The summed E-state index contributed by atoms with van der Waals surface area (Å²) >= 11 is 3.66. The number of carbonyl (C=O) groups is 1. The van der Waals surface area contributed by atoms with E-state index in [1.165, 1.54) is 22.0 Å². The Hall–Kier alpha value is -1.82. The molecule has 5 nitrogen and oxygen atoms in total. The minimum atomic E-state index is -0.444. The summed E-state index contributed by atoms with van der Waals surface area (Å²) in [5.74, 6) is 0. The first-order valence-electron chi connectivity index (χ1n) is 9.62. The van der Waals surface area contributed by atoms with Crippen LogP contribution in [0.4, 0.5) is 10.5 Å². The number of nitrogens with zero attached hydrogens (tertiary/aromatic N) is 3. The van der Waals surface area contributed by atoms with E-state index < -0.39 is 5.60 Å². The van der Waals surface area contributed by atoms with Crippen LogP contribution in [-0.4, -0.2) is 47.3 Å². The monoisotopic (exact) mass is 431 g/mol. The van der Waals surface area contributed by atoms with E-state index in [1.54, 1.807) is 0 Å². The molecule has 2 aliphatic heterocycles. The second-order valence-corrected chi connectivity index (χ2v) is 9.38. The summed E-state index contributed by atoms with van der Waals surface area (Å²) in [5, 5.41) is 2.52. The molecule has 0 radical (unpaired) electrons. The fourth-order valence-corrected chi connectivity index (χ4v) is 4.64. The van der Waals surface area contributed by atoms with Gasteiger partial charge < -0.3 is 14.5 Å². The first kappa shape index (κ1) is 18.5. The van der Waals surface area contributed by atoms with Gasteiger partial charge in [-0.3, -0.25) is 4.98 Å². The Bertz CT molecular complexity index is 870. The Kier molecular flexibility index (Phi) is 4.78. The SMILES string of the molecule is CC(C)(C)OC(=O)N1CCC(N2CCc3cncc4cc(Br)cc2c34)CC1. The summed E-state index contributed by atoms with van der Waals surface area (Å²) in [4.78, 5) is 21.1. The van der Waals surface area contributed by atoms with Crippen molar-refractivity contribution >= 4 is 38.5 Å². The fourth-order valence-electron chi connectivity index (χ4n) is 4.18. The van der Waals surface area contributed by atoms with Gasteiger partial charge in [-0.2, -0.15) is 0 Å². The van der Waals surface area contributed by atoms with Crippen LogP contribution in [0.5, 0.6) is 0 Å². The van der Waals surface area contributed by atoms with Crippen LogP contribution in [0, 0.1) is 0 Å². The predicted molar refractivity (Wildman–Crippen MR) is 111 cm³/mol. The molecule has 0 atom stereocenters. The van der Waals surface area contributed by atoms with Gasteiger partial charge in [-0.15, -0.1) is 0 Å². The lowest BCUT2D eigenvalue weighted by atomic mass is 9.94. The molecule has 1 fully saturated rings. The molecule has 1 amide bonds. The van der Waals surface area contributed by atoms with Crippen LogP contribution in [0.1, 0.15) is 39.2 Å². The number of ether oxygens (including phenoxy) is 1. The van der Waals surface area contributed by atoms with Gasteiger partial charge >= 0.3 is 6.09 Å². The van der Waals surface area contributed by atoms with E-state index in [0.29, 0.717) is 6.04 Å². The van der Waals surface area contributed by atoms with Crippen molar-refractivity contribution in [3.63, 3.8) is 0 Å². The normalized spacial score (nSPS) is 18.1. The third-order valence-corrected chi connectivity index (χ3v) is 5.82. The van der Waals surface area contributed by atoms with Crippen LogP contribution >= 0.6 is 15.9 Å². The Morgan fingerprint density at radius 2 is 1.93 bits per heavy atom. The molecule has 144 valence electrons. The van der Waals surface area contributed by atoms with E-state index in [-0.39, 0.29) is 6.09 Å². The number of rotatable bonds is 1. The molecule has 1 saturated heterocycles. The minimum Gasteiger partial charge on any atom is -0.444 e. The molecule has 0 N–H and O–H groups in total. The van der Waals surface area contributed by atoms with Gasteiger partial charge in [0.15, 0.2) is 0 Å². The van der Waals surface area contributed by atoms with E-state index in [1.807, 2.05) is 38.1 Å². The first-order chi connectivity index (χ1) is 12.8. The van der Waals surface area contributed by atoms with E-state index in [9.17, 15) is 4.79 Å². The topological polar surface area (TPSA) is 45.7 Å². The number of halogens is 1.